The molecule has 0 saturated heterocycles. The predicted octanol–water partition coefficient (Wildman–Crippen LogP) is 1.66. The highest BCUT2D eigenvalue weighted by Gasteiger charge is 2.07. The molecule has 1 aromatic carbocycles. The summed E-state index contributed by atoms with van der Waals surface area (Å²) in [6.07, 6.45) is 1.63. The van der Waals surface area contributed by atoms with Gasteiger partial charge in [0, 0.05) is 11.8 Å². The Morgan fingerprint density at radius 1 is 1.23 bits per heavy atom. The lowest BCUT2D eigenvalue weighted by atomic mass is 10.1. The first-order valence-electron chi connectivity index (χ1n) is 6.48. The van der Waals surface area contributed by atoms with E-state index in [1.165, 1.54) is 12.1 Å². The second kappa shape index (κ2) is 5.22. The number of rotatable bonds is 1. The van der Waals surface area contributed by atoms with E-state index in [0.29, 0.717) is 28.0 Å². The van der Waals surface area contributed by atoms with E-state index < -0.39 is 5.97 Å². The van der Waals surface area contributed by atoms with E-state index >= 15 is 0 Å². The number of carboxylic acids is 1. The number of carboxylic acid groups (broad SMARTS) is 1. The highest BCUT2D eigenvalue weighted by atomic mass is 16.4. The zero-order valence-corrected chi connectivity index (χ0v) is 11.6. The molecule has 0 aliphatic rings. The number of H-pyrrole nitrogens is 2. The van der Waals surface area contributed by atoms with Crippen molar-refractivity contribution >= 4 is 17.0 Å². The first-order valence-corrected chi connectivity index (χ1v) is 6.48. The largest absolute Gasteiger partial charge is 0.478 e. The number of aryl methyl sites for hydroxylation is 1. The van der Waals surface area contributed by atoms with Crippen LogP contribution in [0.5, 0.6) is 0 Å². The number of nitrogens with zero attached hydrogens (tertiary/aromatic N) is 1. The Kier molecular flexibility index (Phi) is 3.24. The minimum Gasteiger partial charge on any atom is -0.478 e. The molecule has 0 aliphatic carbocycles. The summed E-state index contributed by atoms with van der Waals surface area (Å²) >= 11 is 0. The third kappa shape index (κ3) is 2.47. The van der Waals surface area contributed by atoms with Gasteiger partial charge in [0.05, 0.1) is 16.5 Å². The van der Waals surface area contributed by atoms with Crippen LogP contribution in [0.4, 0.5) is 0 Å². The Morgan fingerprint density at radius 3 is 2.64 bits per heavy atom. The molecule has 2 heterocycles. The van der Waals surface area contributed by atoms with E-state index in [1.807, 2.05) is 0 Å². The van der Waals surface area contributed by atoms with Gasteiger partial charge in [-0.3, -0.25) is 4.79 Å². The molecular formula is C16H11N3O3. The van der Waals surface area contributed by atoms with Gasteiger partial charge in [0.25, 0.3) is 5.56 Å². The van der Waals surface area contributed by atoms with E-state index in [1.54, 1.807) is 25.3 Å². The number of hydrogen-bond acceptors (Lipinski definition) is 3. The van der Waals surface area contributed by atoms with Gasteiger partial charge in [-0.2, -0.15) is 0 Å². The highest BCUT2D eigenvalue weighted by molar-refractivity contribution is 5.87. The van der Waals surface area contributed by atoms with Crippen LogP contribution < -0.4 is 5.56 Å². The van der Waals surface area contributed by atoms with Gasteiger partial charge in [-0.05, 0) is 31.2 Å². The fraction of sp³-hybridized carbons (Fsp3) is 0.0625. The van der Waals surface area contributed by atoms with Gasteiger partial charge in [0.15, 0.2) is 0 Å². The SMILES string of the molecule is Cc1nc2[nH]cc(C#Cc3ccc(C(=O)O)cc3)c2c(=O)[nH]1. The standard InChI is InChI=1S/C16H11N3O3/c1-9-18-14-13(15(20)19-9)12(8-17-14)7-4-10-2-5-11(6-3-10)16(21)22/h2-3,5-6,8H,1H3,(H,21,22)(H2,17,18,19,20). The molecule has 0 aliphatic heterocycles. The van der Waals surface area contributed by atoms with Gasteiger partial charge in [-0.15, -0.1) is 0 Å². The Morgan fingerprint density at radius 2 is 1.95 bits per heavy atom. The molecule has 0 atom stereocenters. The third-order valence-corrected chi connectivity index (χ3v) is 3.13. The average molecular weight is 293 g/mol. The number of aromatic nitrogens is 3. The molecule has 6 nitrogen and oxygen atoms in total. The first kappa shape index (κ1) is 13.6. The quantitative estimate of drug-likeness (QED) is 0.594. The van der Waals surface area contributed by atoms with Crippen molar-refractivity contribution in [2.75, 3.05) is 0 Å². The average Bonchev–Trinajstić information content (AvgIpc) is 2.88. The van der Waals surface area contributed by atoms with E-state index in [2.05, 4.69) is 26.8 Å². The molecule has 3 N–H and O–H groups in total. The summed E-state index contributed by atoms with van der Waals surface area (Å²) in [5.74, 6) is 5.36. The van der Waals surface area contributed by atoms with Crippen molar-refractivity contribution in [2.24, 2.45) is 0 Å². The van der Waals surface area contributed by atoms with Crippen molar-refractivity contribution in [1.29, 1.82) is 0 Å². The second-order valence-corrected chi connectivity index (χ2v) is 4.71. The Hall–Kier alpha value is -3.33. The maximum absolute atomic E-state index is 12.0. The fourth-order valence-electron chi connectivity index (χ4n) is 2.09. The summed E-state index contributed by atoms with van der Waals surface area (Å²) in [5, 5.41) is 9.26. The predicted molar refractivity (Wildman–Crippen MR) is 80.8 cm³/mol. The molecule has 2 aromatic heterocycles. The van der Waals surface area contributed by atoms with E-state index in [0.717, 1.165) is 0 Å². The fourth-order valence-corrected chi connectivity index (χ4v) is 2.09. The molecule has 0 spiro atoms. The molecular weight excluding hydrogens is 282 g/mol. The first-order chi connectivity index (χ1) is 10.5. The van der Waals surface area contributed by atoms with Gasteiger partial charge in [0.2, 0.25) is 0 Å². The molecule has 3 aromatic rings. The van der Waals surface area contributed by atoms with Gasteiger partial charge in [-0.1, -0.05) is 11.8 Å². The molecule has 0 bridgehead atoms. The summed E-state index contributed by atoms with van der Waals surface area (Å²) in [6.45, 7) is 1.71. The minimum atomic E-state index is -0.982. The molecule has 108 valence electrons. The summed E-state index contributed by atoms with van der Waals surface area (Å²) < 4.78 is 0. The van der Waals surface area contributed by atoms with Crippen LogP contribution in [-0.4, -0.2) is 26.0 Å². The van der Waals surface area contributed by atoms with E-state index in [4.69, 9.17) is 5.11 Å². The lowest BCUT2D eigenvalue weighted by molar-refractivity contribution is 0.0697. The number of aromatic amines is 2. The normalized spacial score (nSPS) is 10.2. The monoisotopic (exact) mass is 293 g/mol. The van der Waals surface area contributed by atoms with Crippen LogP contribution in [-0.2, 0) is 0 Å². The smallest absolute Gasteiger partial charge is 0.335 e. The van der Waals surface area contributed by atoms with E-state index in [9.17, 15) is 9.59 Å². The topological polar surface area (TPSA) is 98.8 Å². The van der Waals surface area contributed by atoms with Gasteiger partial charge < -0.3 is 15.1 Å². The molecule has 22 heavy (non-hydrogen) atoms. The second-order valence-electron chi connectivity index (χ2n) is 4.71. The number of aromatic carboxylic acids is 1. The van der Waals surface area contributed by atoms with Crippen LogP contribution in [0.3, 0.4) is 0 Å². The summed E-state index contributed by atoms with van der Waals surface area (Å²) in [6, 6.07) is 6.22. The van der Waals surface area contributed by atoms with Crippen molar-refractivity contribution in [2.45, 2.75) is 6.92 Å². The maximum atomic E-state index is 12.0. The molecule has 0 radical (unpaired) electrons. The molecule has 0 unspecified atom stereocenters. The molecule has 0 amide bonds. The lowest BCUT2D eigenvalue weighted by Gasteiger charge is -1.94. The Labute approximate surface area is 124 Å². The number of hydrogen-bond donors (Lipinski definition) is 3. The lowest BCUT2D eigenvalue weighted by Crippen LogP contribution is -2.09. The maximum Gasteiger partial charge on any atom is 0.335 e. The number of nitrogens with one attached hydrogen (secondary N) is 2. The zero-order chi connectivity index (χ0) is 15.7. The van der Waals surface area contributed by atoms with Crippen molar-refractivity contribution < 1.29 is 9.90 Å². The summed E-state index contributed by atoms with van der Waals surface area (Å²) in [7, 11) is 0. The van der Waals surface area contributed by atoms with Crippen LogP contribution in [0.1, 0.15) is 27.3 Å². The van der Waals surface area contributed by atoms with Gasteiger partial charge in [0.1, 0.15) is 11.5 Å². The van der Waals surface area contributed by atoms with Gasteiger partial charge in [-0.25, -0.2) is 9.78 Å². The Bertz CT molecular complexity index is 985. The van der Waals surface area contributed by atoms with Crippen molar-refractivity contribution in [3.63, 3.8) is 0 Å². The van der Waals surface area contributed by atoms with Crippen molar-refractivity contribution in [3.8, 4) is 11.8 Å². The minimum absolute atomic E-state index is 0.203. The highest BCUT2D eigenvalue weighted by Crippen LogP contribution is 2.11. The van der Waals surface area contributed by atoms with Crippen LogP contribution >= 0.6 is 0 Å². The van der Waals surface area contributed by atoms with Crippen LogP contribution in [0.15, 0.2) is 35.3 Å². The number of benzene rings is 1. The van der Waals surface area contributed by atoms with Gasteiger partial charge >= 0.3 is 5.97 Å². The van der Waals surface area contributed by atoms with Crippen molar-refractivity contribution in [1.82, 2.24) is 15.0 Å². The molecule has 0 fully saturated rings. The zero-order valence-electron chi connectivity index (χ0n) is 11.6. The van der Waals surface area contributed by atoms with Crippen LogP contribution in [0.2, 0.25) is 0 Å². The number of fused-ring (bicyclic) bond motifs is 1. The van der Waals surface area contributed by atoms with E-state index in [-0.39, 0.29) is 11.1 Å². The molecule has 6 heteroatoms. The number of carbonyl (C=O) groups is 1. The van der Waals surface area contributed by atoms with Crippen LogP contribution in [0.25, 0.3) is 11.0 Å². The van der Waals surface area contributed by atoms with Crippen LogP contribution in [0, 0.1) is 18.8 Å². The third-order valence-electron chi connectivity index (χ3n) is 3.13. The van der Waals surface area contributed by atoms with Crippen molar-refractivity contribution in [3.05, 3.63) is 63.3 Å². The molecule has 0 saturated carbocycles. The summed E-state index contributed by atoms with van der Waals surface area (Å²) in [5.41, 5.74) is 1.66. The molecule has 3 rings (SSSR count). The Balaban J connectivity index is 2.01. The summed E-state index contributed by atoms with van der Waals surface area (Å²) in [4.78, 5) is 32.5.